The molecule has 11 heavy (non-hydrogen) atoms. The van der Waals surface area contributed by atoms with Gasteiger partial charge < -0.3 is 9.84 Å². The summed E-state index contributed by atoms with van der Waals surface area (Å²) in [7, 11) is 0. The summed E-state index contributed by atoms with van der Waals surface area (Å²) < 4.78 is 17.6. The second-order valence-corrected chi connectivity index (χ2v) is 3.43. The van der Waals surface area contributed by atoms with Crippen molar-refractivity contribution in [2.24, 2.45) is 5.92 Å². The highest BCUT2D eigenvalue weighted by atomic mass is 19.1. The highest BCUT2D eigenvalue weighted by Gasteiger charge is 2.34. The molecule has 3 heteroatoms. The Balaban J connectivity index is 2.45. The number of aliphatic hydroxyl groups excluding tert-OH is 1. The van der Waals surface area contributed by atoms with Crippen molar-refractivity contribution in [1.82, 2.24) is 0 Å². The van der Waals surface area contributed by atoms with Crippen molar-refractivity contribution in [2.45, 2.75) is 25.4 Å². The van der Waals surface area contributed by atoms with Gasteiger partial charge in [-0.1, -0.05) is 6.92 Å². The molecule has 66 valence electrons. The molecule has 1 N–H and O–H groups in total. The van der Waals surface area contributed by atoms with Gasteiger partial charge in [0.1, 0.15) is 12.3 Å². The molecule has 0 aromatic rings. The molecule has 1 aliphatic rings. The largest absolute Gasteiger partial charge is 0.393 e. The van der Waals surface area contributed by atoms with Crippen molar-refractivity contribution < 1.29 is 14.2 Å². The second-order valence-electron chi connectivity index (χ2n) is 3.43. The Hall–Kier alpha value is -0.150. The maximum atomic E-state index is 12.4. The molecular formula is C8H15FO2. The SMILES string of the molecule is CC1CCC(CO)(CF)OC1. The summed E-state index contributed by atoms with van der Waals surface area (Å²) in [6.45, 7) is 1.87. The summed E-state index contributed by atoms with van der Waals surface area (Å²) in [6, 6.07) is 0. The molecule has 2 nitrogen and oxygen atoms in total. The fourth-order valence-corrected chi connectivity index (χ4v) is 1.26. The van der Waals surface area contributed by atoms with E-state index in [4.69, 9.17) is 9.84 Å². The minimum Gasteiger partial charge on any atom is -0.393 e. The van der Waals surface area contributed by atoms with Crippen molar-refractivity contribution in [3.63, 3.8) is 0 Å². The molecule has 1 rings (SSSR count). The third kappa shape index (κ3) is 1.91. The van der Waals surface area contributed by atoms with Crippen molar-refractivity contribution in [2.75, 3.05) is 19.9 Å². The van der Waals surface area contributed by atoms with Crippen LogP contribution in [0.15, 0.2) is 0 Å². The van der Waals surface area contributed by atoms with E-state index < -0.39 is 12.3 Å². The van der Waals surface area contributed by atoms with Crippen LogP contribution in [0.25, 0.3) is 0 Å². The zero-order chi connectivity index (χ0) is 8.32. The maximum absolute atomic E-state index is 12.4. The Morgan fingerprint density at radius 2 is 2.45 bits per heavy atom. The number of hydrogen-bond donors (Lipinski definition) is 1. The Bertz CT molecular complexity index is 113. The molecule has 1 saturated heterocycles. The summed E-state index contributed by atoms with van der Waals surface area (Å²) in [5.41, 5.74) is -0.869. The van der Waals surface area contributed by atoms with Crippen molar-refractivity contribution >= 4 is 0 Å². The van der Waals surface area contributed by atoms with E-state index in [2.05, 4.69) is 6.92 Å². The monoisotopic (exact) mass is 162 g/mol. The normalized spacial score (nSPS) is 39.0. The first-order valence-corrected chi connectivity index (χ1v) is 4.03. The predicted octanol–water partition coefficient (Wildman–Crippen LogP) is 1.13. The zero-order valence-electron chi connectivity index (χ0n) is 6.85. The highest BCUT2D eigenvalue weighted by molar-refractivity contribution is 4.83. The van der Waals surface area contributed by atoms with E-state index in [1.807, 2.05) is 0 Å². The van der Waals surface area contributed by atoms with Gasteiger partial charge in [-0.05, 0) is 18.8 Å². The van der Waals surface area contributed by atoms with Gasteiger partial charge in [0.2, 0.25) is 0 Å². The van der Waals surface area contributed by atoms with E-state index in [-0.39, 0.29) is 6.61 Å². The summed E-state index contributed by atoms with van der Waals surface area (Å²) in [5, 5.41) is 8.86. The van der Waals surface area contributed by atoms with E-state index in [9.17, 15) is 4.39 Å². The van der Waals surface area contributed by atoms with Gasteiger partial charge in [0.25, 0.3) is 0 Å². The number of aliphatic hydroxyl groups is 1. The molecule has 1 heterocycles. The predicted molar refractivity (Wildman–Crippen MR) is 40.1 cm³/mol. The second kappa shape index (κ2) is 3.50. The topological polar surface area (TPSA) is 29.5 Å². The van der Waals surface area contributed by atoms with Gasteiger partial charge in [0, 0.05) is 0 Å². The van der Waals surface area contributed by atoms with Crippen LogP contribution in [-0.2, 0) is 4.74 Å². The molecule has 0 bridgehead atoms. The molecule has 2 atom stereocenters. The molecule has 1 aliphatic heterocycles. The highest BCUT2D eigenvalue weighted by Crippen LogP contribution is 2.27. The Morgan fingerprint density at radius 1 is 1.73 bits per heavy atom. The quantitative estimate of drug-likeness (QED) is 0.659. The number of hydrogen-bond acceptors (Lipinski definition) is 2. The third-order valence-corrected chi connectivity index (χ3v) is 2.30. The first-order valence-electron chi connectivity index (χ1n) is 4.03. The summed E-state index contributed by atoms with van der Waals surface area (Å²) >= 11 is 0. The fraction of sp³-hybridized carbons (Fsp3) is 1.00. The fourth-order valence-electron chi connectivity index (χ4n) is 1.26. The Kier molecular flexibility index (Phi) is 2.84. The van der Waals surface area contributed by atoms with E-state index in [1.54, 1.807) is 0 Å². The lowest BCUT2D eigenvalue weighted by Gasteiger charge is -2.35. The summed E-state index contributed by atoms with van der Waals surface area (Å²) in [4.78, 5) is 0. The van der Waals surface area contributed by atoms with Gasteiger partial charge in [-0.3, -0.25) is 0 Å². The third-order valence-electron chi connectivity index (χ3n) is 2.30. The van der Waals surface area contributed by atoms with Crippen LogP contribution in [-0.4, -0.2) is 30.6 Å². The lowest BCUT2D eigenvalue weighted by atomic mass is 9.91. The first kappa shape index (κ1) is 8.94. The minimum absolute atomic E-state index is 0.198. The Labute approximate surface area is 66.4 Å². The van der Waals surface area contributed by atoms with Gasteiger partial charge in [-0.2, -0.15) is 0 Å². The molecular weight excluding hydrogens is 147 g/mol. The zero-order valence-corrected chi connectivity index (χ0v) is 6.85. The van der Waals surface area contributed by atoms with Crippen LogP contribution in [0.3, 0.4) is 0 Å². The van der Waals surface area contributed by atoms with Crippen LogP contribution >= 0.6 is 0 Å². The summed E-state index contributed by atoms with van der Waals surface area (Å²) in [6.07, 6.45) is 1.59. The van der Waals surface area contributed by atoms with E-state index >= 15 is 0 Å². The molecule has 0 saturated carbocycles. The van der Waals surface area contributed by atoms with Crippen LogP contribution < -0.4 is 0 Å². The summed E-state index contributed by atoms with van der Waals surface area (Å²) in [5.74, 6) is 0.501. The van der Waals surface area contributed by atoms with Crippen LogP contribution in [0.2, 0.25) is 0 Å². The molecule has 2 unspecified atom stereocenters. The van der Waals surface area contributed by atoms with Crippen molar-refractivity contribution in [1.29, 1.82) is 0 Å². The van der Waals surface area contributed by atoms with Gasteiger partial charge >= 0.3 is 0 Å². The van der Waals surface area contributed by atoms with Gasteiger partial charge in [0.05, 0.1) is 13.2 Å². The van der Waals surface area contributed by atoms with Crippen LogP contribution in [0.1, 0.15) is 19.8 Å². The molecule has 0 spiro atoms. The first-order chi connectivity index (χ1) is 5.22. The number of alkyl halides is 1. The van der Waals surface area contributed by atoms with Crippen LogP contribution in [0.5, 0.6) is 0 Å². The smallest absolute Gasteiger partial charge is 0.121 e. The van der Waals surface area contributed by atoms with Gasteiger partial charge in [-0.15, -0.1) is 0 Å². The van der Waals surface area contributed by atoms with Gasteiger partial charge in [-0.25, -0.2) is 4.39 Å². The maximum Gasteiger partial charge on any atom is 0.121 e. The Morgan fingerprint density at radius 3 is 2.82 bits per heavy atom. The number of halogens is 1. The molecule has 0 amide bonds. The lowest BCUT2D eigenvalue weighted by molar-refractivity contribution is -0.133. The minimum atomic E-state index is -0.869. The molecule has 0 aromatic carbocycles. The van der Waals surface area contributed by atoms with Crippen molar-refractivity contribution in [3.8, 4) is 0 Å². The van der Waals surface area contributed by atoms with E-state index in [0.29, 0.717) is 18.9 Å². The van der Waals surface area contributed by atoms with Crippen molar-refractivity contribution in [3.05, 3.63) is 0 Å². The molecule has 0 aromatic heterocycles. The molecule has 1 fully saturated rings. The average Bonchev–Trinajstić information content (AvgIpc) is 2.07. The van der Waals surface area contributed by atoms with E-state index in [1.165, 1.54) is 0 Å². The van der Waals surface area contributed by atoms with E-state index in [0.717, 1.165) is 6.42 Å². The standard InChI is InChI=1S/C8H15FO2/c1-7-2-3-8(5-9,6-10)11-4-7/h7,10H,2-6H2,1H3. The number of rotatable bonds is 2. The van der Waals surface area contributed by atoms with Gasteiger partial charge in [0.15, 0.2) is 0 Å². The molecule has 0 aliphatic carbocycles. The number of ether oxygens (including phenoxy) is 1. The van der Waals surface area contributed by atoms with Crippen LogP contribution in [0.4, 0.5) is 4.39 Å². The molecule has 0 radical (unpaired) electrons. The average molecular weight is 162 g/mol. The lowest BCUT2D eigenvalue weighted by Crippen LogP contribution is -2.44. The van der Waals surface area contributed by atoms with Crippen LogP contribution in [0, 0.1) is 5.92 Å².